The smallest absolute Gasteiger partial charge is 0.125 e. The first-order valence-corrected chi connectivity index (χ1v) is 4.36. The molecule has 0 radical (unpaired) electrons. The molecule has 1 saturated carbocycles. The molecule has 0 aliphatic heterocycles. The van der Waals surface area contributed by atoms with E-state index < -0.39 is 5.60 Å². The standard InChI is InChI=1S/C11H14O/c1-2-3-5-8-11(12)9-6-4-7-10-11/h3,12H,1,4,6-7,9-10H2. The van der Waals surface area contributed by atoms with Gasteiger partial charge in [-0.25, -0.2) is 0 Å². The Morgan fingerprint density at radius 3 is 2.50 bits per heavy atom. The van der Waals surface area contributed by atoms with Crippen LogP contribution in [0, 0.1) is 11.8 Å². The van der Waals surface area contributed by atoms with Gasteiger partial charge in [0.15, 0.2) is 0 Å². The lowest BCUT2D eigenvalue weighted by Crippen LogP contribution is -2.29. The summed E-state index contributed by atoms with van der Waals surface area (Å²) < 4.78 is 0. The Bertz CT molecular complexity index is 242. The minimum absolute atomic E-state index is 0.731. The van der Waals surface area contributed by atoms with Crippen LogP contribution < -0.4 is 0 Å². The van der Waals surface area contributed by atoms with Crippen molar-refractivity contribution in [3.8, 4) is 11.8 Å². The summed E-state index contributed by atoms with van der Waals surface area (Å²) in [5.41, 5.74) is 1.83. The lowest BCUT2D eigenvalue weighted by Gasteiger charge is -2.26. The van der Waals surface area contributed by atoms with Gasteiger partial charge in [-0.05, 0) is 25.7 Å². The fraction of sp³-hybridized carbons (Fsp3) is 0.545. The molecule has 1 rings (SSSR count). The molecule has 0 unspecified atom stereocenters. The fourth-order valence-corrected chi connectivity index (χ4v) is 1.48. The highest BCUT2D eigenvalue weighted by Gasteiger charge is 2.26. The van der Waals surface area contributed by atoms with E-state index in [4.69, 9.17) is 0 Å². The van der Waals surface area contributed by atoms with Crippen LogP contribution >= 0.6 is 0 Å². The normalized spacial score (nSPS) is 20.1. The van der Waals surface area contributed by atoms with E-state index in [-0.39, 0.29) is 0 Å². The summed E-state index contributed by atoms with van der Waals surface area (Å²) in [5.74, 6) is 5.59. The largest absolute Gasteiger partial charge is 0.378 e. The van der Waals surface area contributed by atoms with Gasteiger partial charge in [0.1, 0.15) is 5.60 Å². The molecule has 1 N–H and O–H groups in total. The van der Waals surface area contributed by atoms with Crippen molar-refractivity contribution in [1.82, 2.24) is 0 Å². The molecule has 64 valence electrons. The van der Waals surface area contributed by atoms with Crippen molar-refractivity contribution >= 4 is 0 Å². The molecule has 1 aliphatic rings. The first-order valence-electron chi connectivity index (χ1n) is 4.36. The molecule has 0 atom stereocenters. The number of hydrogen-bond donors (Lipinski definition) is 1. The van der Waals surface area contributed by atoms with Crippen LogP contribution in [-0.4, -0.2) is 10.7 Å². The van der Waals surface area contributed by atoms with E-state index in [0.717, 1.165) is 25.7 Å². The second-order valence-electron chi connectivity index (χ2n) is 3.21. The molecule has 1 nitrogen and oxygen atoms in total. The van der Waals surface area contributed by atoms with Crippen molar-refractivity contribution < 1.29 is 5.11 Å². The van der Waals surface area contributed by atoms with Gasteiger partial charge in [0.05, 0.1) is 0 Å². The molecule has 0 aromatic carbocycles. The van der Waals surface area contributed by atoms with Crippen molar-refractivity contribution in [1.29, 1.82) is 0 Å². The fourth-order valence-electron chi connectivity index (χ4n) is 1.48. The van der Waals surface area contributed by atoms with Crippen LogP contribution in [-0.2, 0) is 0 Å². The summed E-state index contributed by atoms with van der Waals surface area (Å²) in [6.45, 7) is 3.40. The third kappa shape index (κ3) is 2.58. The molecule has 0 saturated heterocycles. The van der Waals surface area contributed by atoms with Crippen LogP contribution in [0.15, 0.2) is 18.4 Å². The number of rotatable bonds is 0. The van der Waals surface area contributed by atoms with E-state index in [2.05, 4.69) is 24.2 Å². The number of allylic oxidation sites excluding steroid dienone is 1. The van der Waals surface area contributed by atoms with Crippen molar-refractivity contribution in [2.75, 3.05) is 0 Å². The number of aliphatic hydroxyl groups is 1. The summed E-state index contributed by atoms with van der Waals surface area (Å²) >= 11 is 0. The molecular weight excluding hydrogens is 148 g/mol. The Morgan fingerprint density at radius 2 is 1.92 bits per heavy atom. The van der Waals surface area contributed by atoms with Crippen LogP contribution in [0.25, 0.3) is 0 Å². The molecule has 0 heterocycles. The first kappa shape index (κ1) is 9.13. The van der Waals surface area contributed by atoms with Crippen molar-refractivity contribution in [3.63, 3.8) is 0 Å². The van der Waals surface area contributed by atoms with E-state index in [0.29, 0.717) is 0 Å². The molecule has 0 bridgehead atoms. The Morgan fingerprint density at radius 1 is 1.25 bits per heavy atom. The molecule has 0 aromatic heterocycles. The quantitative estimate of drug-likeness (QED) is 0.427. The van der Waals surface area contributed by atoms with Crippen molar-refractivity contribution in [2.45, 2.75) is 37.7 Å². The topological polar surface area (TPSA) is 20.2 Å². The Balaban J connectivity index is 2.59. The van der Waals surface area contributed by atoms with Crippen molar-refractivity contribution in [3.05, 3.63) is 18.4 Å². The third-order valence-corrected chi connectivity index (χ3v) is 2.16. The SMILES string of the molecule is C=C=CC#CC1(O)CCCCC1. The lowest BCUT2D eigenvalue weighted by molar-refractivity contribution is 0.0610. The molecular formula is C11H14O. The Labute approximate surface area is 73.8 Å². The molecule has 1 heteroatoms. The molecule has 0 aromatic rings. The summed E-state index contributed by atoms with van der Waals surface area (Å²) in [5, 5.41) is 9.86. The summed E-state index contributed by atoms with van der Waals surface area (Å²) in [6.07, 6.45) is 6.57. The average molecular weight is 162 g/mol. The van der Waals surface area contributed by atoms with Gasteiger partial charge in [-0.1, -0.05) is 24.8 Å². The van der Waals surface area contributed by atoms with Gasteiger partial charge in [0.25, 0.3) is 0 Å². The Hall–Kier alpha value is -0.960. The molecule has 12 heavy (non-hydrogen) atoms. The minimum Gasteiger partial charge on any atom is -0.378 e. The van der Waals surface area contributed by atoms with E-state index in [1.165, 1.54) is 6.42 Å². The summed E-state index contributed by atoms with van der Waals surface area (Å²) in [7, 11) is 0. The highest BCUT2D eigenvalue weighted by molar-refractivity contribution is 5.22. The van der Waals surface area contributed by atoms with E-state index in [9.17, 15) is 5.11 Å². The predicted molar refractivity (Wildman–Crippen MR) is 49.5 cm³/mol. The predicted octanol–water partition coefficient (Wildman–Crippen LogP) is 2.03. The van der Waals surface area contributed by atoms with Crippen molar-refractivity contribution in [2.24, 2.45) is 0 Å². The molecule has 0 amide bonds. The maximum atomic E-state index is 9.86. The van der Waals surface area contributed by atoms with E-state index >= 15 is 0 Å². The van der Waals surface area contributed by atoms with Crippen LogP contribution in [0.4, 0.5) is 0 Å². The van der Waals surface area contributed by atoms with Gasteiger partial charge in [-0.2, -0.15) is 0 Å². The highest BCUT2D eigenvalue weighted by Crippen LogP contribution is 2.26. The zero-order valence-corrected chi connectivity index (χ0v) is 7.27. The number of hydrogen-bond acceptors (Lipinski definition) is 1. The maximum absolute atomic E-state index is 9.86. The first-order chi connectivity index (χ1) is 5.77. The molecule has 1 aliphatic carbocycles. The van der Waals surface area contributed by atoms with Gasteiger partial charge < -0.3 is 5.11 Å². The zero-order chi connectivity index (χ0) is 8.86. The van der Waals surface area contributed by atoms with Crippen LogP contribution in [0.3, 0.4) is 0 Å². The monoisotopic (exact) mass is 162 g/mol. The van der Waals surface area contributed by atoms with Crippen LogP contribution in [0.5, 0.6) is 0 Å². The second kappa shape index (κ2) is 4.16. The molecule has 1 fully saturated rings. The highest BCUT2D eigenvalue weighted by atomic mass is 16.3. The summed E-state index contributed by atoms with van der Waals surface area (Å²) in [6, 6.07) is 0. The lowest BCUT2D eigenvalue weighted by atomic mass is 9.85. The van der Waals surface area contributed by atoms with E-state index in [1.54, 1.807) is 6.08 Å². The molecule has 0 spiro atoms. The van der Waals surface area contributed by atoms with Crippen LogP contribution in [0.1, 0.15) is 32.1 Å². The van der Waals surface area contributed by atoms with Gasteiger partial charge >= 0.3 is 0 Å². The van der Waals surface area contributed by atoms with Gasteiger partial charge in [0, 0.05) is 6.08 Å². The van der Waals surface area contributed by atoms with Crippen LogP contribution in [0.2, 0.25) is 0 Å². The van der Waals surface area contributed by atoms with Gasteiger partial charge in [0.2, 0.25) is 0 Å². The second-order valence-corrected chi connectivity index (χ2v) is 3.21. The van der Waals surface area contributed by atoms with Gasteiger partial charge in [-0.3, -0.25) is 0 Å². The van der Waals surface area contributed by atoms with E-state index in [1.807, 2.05) is 0 Å². The summed E-state index contributed by atoms with van der Waals surface area (Å²) in [4.78, 5) is 0. The third-order valence-electron chi connectivity index (χ3n) is 2.16. The van der Waals surface area contributed by atoms with Gasteiger partial charge in [-0.15, -0.1) is 5.73 Å². The minimum atomic E-state index is -0.731. The maximum Gasteiger partial charge on any atom is 0.125 e. The Kier molecular flexibility index (Phi) is 3.17. The average Bonchev–Trinajstić information content (AvgIpc) is 2.06. The zero-order valence-electron chi connectivity index (χ0n) is 7.27.